The molecule has 0 aliphatic carbocycles. The lowest BCUT2D eigenvalue weighted by atomic mass is 10.0. The third-order valence-electron chi connectivity index (χ3n) is 5.21. The Hall–Kier alpha value is -3.49. The Morgan fingerprint density at radius 2 is 1.88 bits per heavy atom. The number of hydrogen-bond donors (Lipinski definition) is 1. The molecule has 1 N–H and O–H groups in total. The maximum Gasteiger partial charge on any atom is 0.283 e. The number of thiazole rings is 1. The highest BCUT2D eigenvalue weighted by atomic mass is 79.9. The molecular weight excluding hydrogens is 500 g/mol. The summed E-state index contributed by atoms with van der Waals surface area (Å²) in [7, 11) is 1.63. The Morgan fingerprint density at radius 1 is 1.09 bits per heavy atom. The van der Waals surface area contributed by atoms with Crippen molar-refractivity contribution in [3.05, 3.63) is 93.2 Å². The molecule has 0 atom stereocenters. The Bertz CT molecular complexity index is 1510. The molecule has 0 saturated carbocycles. The molecule has 6 nitrogen and oxygen atoms in total. The van der Waals surface area contributed by atoms with Crippen molar-refractivity contribution in [3.8, 4) is 22.1 Å². The van der Waals surface area contributed by atoms with Crippen LogP contribution >= 0.6 is 27.3 Å². The molecule has 3 aromatic carbocycles. The van der Waals surface area contributed by atoms with Crippen LogP contribution in [0.5, 0.6) is 5.75 Å². The molecule has 33 heavy (non-hydrogen) atoms. The number of halogens is 1. The lowest BCUT2D eigenvalue weighted by molar-refractivity contribution is 0.415. The fourth-order valence-corrected chi connectivity index (χ4v) is 4.94. The summed E-state index contributed by atoms with van der Waals surface area (Å²) in [5, 5.41) is 3.86. The third-order valence-corrected chi connectivity index (χ3v) is 6.72. The third kappa shape index (κ3) is 4.15. The fourth-order valence-electron chi connectivity index (χ4n) is 3.63. The van der Waals surface area contributed by atoms with Crippen LogP contribution in [0.25, 0.3) is 26.6 Å². The summed E-state index contributed by atoms with van der Waals surface area (Å²) in [5.41, 5.74) is 4.06. The van der Waals surface area contributed by atoms with Crippen LogP contribution in [0.2, 0.25) is 0 Å². The monoisotopic (exact) mass is 518 g/mol. The molecule has 2 heterocycles. The Morgan fingerprint density at radius 3 is 2.61 bits per heavy atom. The first-order valence-corrected chi connectivity index (χ1v) is 11.8. The molecule has 0 bridgehead atoms. The second-order valence-electron chi connectivity index (χ2n) is 7.37. The molecule has 2 aromatic heterocycles. The van der Waals surface area contributed by atoms with Crippen molar-refractivity contribution >= 4 is 48.9 Å². The van der Waals surface area contributed by atoms with Crippen LogP contribution in [-0.4, -0.2) is 27.6 Å². The smallest absolute Gasteiger partial charge is 0.283 e. The number of nitrogens with one attached hydrogen (secondary N) is 1. The summed E-state index contributed by atoms with van der Waals surface area (Å²) in [5.74, 6) is 0.743. The van der Waals surface area contributed by atoms with Crippen LogP contribution in [-0.2, 0) is 0 Å². The van der Waals surface area contributed by atoms with E-state index in [-0.39, 0.29) is 5.56 Å². The SMILES string of the molecule is COc1ccc(-c2[nH]n(-c3nc4ccccc4s3)c(=O)c2C(C)=Nc2cccc(Br)c2)cc1. The van der Waals surface area contributed by atoms with E-state index in [9.17, 15) is 4.79 Å². The predicted molar refractivity (Wildman–Crippen MR) is 138 cm³/mol. The van der Waals surface area contributed by atoms with Crippen LogP contribution in [0.3, 0.4) is 0 Å². The predicted octanol–water partition coefficient (Wildman–Crippen LogP) is 6.35. The summed E-state index contributed by atoms with van der Waals surface area (Å²) in [6.45, 7) is 1.85. The number of aromatic nitrogens is 3. The van der Waals surface area contributed by atoms with Gasteiger partial charge in [0.15, 0.2) is 0 Å². The van der Waals surface area contributed by atoms with Gasteiger partial charge in [-0.05, 0) is 61.5 Å². The molecule has 0 saturated heterocycles. The normalized spacial score (nSPS) is 11.8. The van der Waals surface area contributed by atoms with Gasteiger partial charge in [-0.25, -0.2) is 4.98 Å². The number of H-pyrrole nitrogens is 1. The van der Waals surface area contributed by atoms with Crippen LogP contribution in [0.15, 0.2) is 87.1 Å². The Kier molecular flexibility index (Phi) is 5.70. The van der Waals surface area contributed by atoms with Crippen LogP contribution in [0, 0.1) is 0 Å². The fraction of sp³-hybridized carbons (Fsp3) is 0.0800. The lowest BCUT2D eigenvalue weighted by Crippen LogP contribution is -2.19. The number of aromatic amines is 1. The summed E-state index contributed by atoms with van der Waals surface area (Å²) >= 11 is 4.94. The molecular formula is C25H19BrN4O2S. The molecule has 0 aliphatic heterocycles. The molecule has 0 fully saturated rings. The van der Waals surface area contributed by atoms with Gasteiger partial charge in [-0.1, -0.05) is 45.5 Å². The van der Waals surface area contributed by atoms with E-state index >= 15 is 0 Å². The van der Waals surface area contributed by atoms with Crippen molar-refractivity contribution in [1.82, 2.24) is 14.8 Å². The average Bonchev–Trinajstić information content (AvgIpc) is 3.40. The molecule has 0 spiro atoms. The van der Waals surface area contributed by atoms with E-state index in [1.54, 1.807) is 7.11 Å². The number of benzene rings is 3. The quantitative estimate of drug-likeness (QED) is 0.275. The first-order valence-electron chi connectivity index (χ1n) is 10.2. The highest BCUT2D eigenvalue weighted by molar-refractivity contribution is 9.10. The van der Waals surface area contributed by atoms with E-state index in [0.29, 0.717) is 22.1 Å². The standard InChI is InChI=1S/C25H19BrN4O2S/c1-15(27-18-7-5-6-17(26)14-18)22-23(16-10-12-19(32-2)13-11-16)29-30(24(22)31)25-28-20-8-3-4-9-21(20)33-25/h3-14,29H,1-2H3. The highest BCUT2D eigenvalue weighted by Gasteiger charge is 2.21. The van der Waals surface area contributed by atoms with E-state index in [4.69, 9.17) is 9.73 Å². The number of para-hydroxylation sites is 1. The maximum absolute atomic E-state index is 13.6. The van der Waals surface area contributed by atoms with Gasteiger partial charge in [-0.15, -0.1) is 0 Å². The number of nitrogens with zero attached hydrogens (tertiary/aromatic N) is 3. The van der Waals surface area contributed by atoms with E-state index in [1.807, 2.05) is 79.7 Å². The number of hydrogen-bond acceptors (Lipinski definition) is 5. The van der Waals surface area contributed by atoms with E-state index in [2.05, 4.69) is 26.0 Å². The van der Waals surface area contributed by atoms with Crippen LogP contribution < -0.4 is 10.3 Å². The van der Waals surface area contributed by atoms with Gasteiger partial charge >= 0.3 is 0 Å². The lowest BCUT2D eigenvalue weighted by Gasteiger charge is -2.05. The number of aliphatic imine (C=N–C) groups is 1. The van der Waals surface area contributed by atoms with E-state index in [0.717, 1.165) is 31.7 Å². The number of methoxy groups -OCH3 is 1. The second-order valence-corrected chi connectivity index (χ2v) is 9.30. The van der Waals surface area contributed by atoms with Gasteiger partial charge in [0, 0.05) is 10.0 Å². The van der Waals surface area contributed by atoms with Crippen molar-refractivity contribution in [2.45, 2.75) is 6.92 Å². The molecule has 5 aromatic rings. The van der Waals surface area contributed by atoms with Crippen molar-refractivity contribution in [1.29, 1.82) is 0 Å². The summed E-state index contributed by atoms with van der Waals surface area (Å²) in [6, 6.07) is 23.1. The molecule has 8 heteroatoms. The first kappa shape index (κ1) is 21.4. The molecule has 164 valence electrons. The minimum atomic E-state index is -0.198. The molecule has 0 aliphatic rings. The van der Waals surface area contributed by atoms with Gasteiger partial charge in [-0.3, -0.25) is 14.9 Å². The molecule has 0 radical (unpaired) electrons. The number of rotatable bonds is 5. The van der Waals surface area contributed by atoms with Gasteiger partial charge in [-0.2, -0.15) is 4.68 Å². The van der Waals surface area contributed by atoms with Crippen molar-refractivity contribution in [2.75, 3.05) is 7.11 Å². The summed E-state index contributed by atoms with van der Waals surface area (Å²) < 4.78 is 8.73. The summed E-state index contributed by atoms with van der Waals surface area (Å²) in [6.07, 6.45) is 0. The van der Waals surface area contributed by atoms with Crippen molar-refractivity contribution in [2.24, 2.45) is 4.99 Å². The average molecular weight is 519 g/mol. The van der Waals surface area contributed by atoms with Gasteiger partial charge < -0.3 is 4.74 Å². The topological polar surface area (TPSA) is 72.3 Å². The van der Waals surface area contributed by atoms with Gasteiger partial charge in [0.2, 0.25) is 5.13 Å². The van der Waals surface area contributed by atoms with Crippen molar-refractivity contribution in [3.63, 3.8) is 0 Å². The zero-order chi connectivity index (χ0) is 22.9. The Balaban J connectivity index is 1.70. The molecule has 5 rings (SSSR count). The second kappa shape index (κ2) is 8.80. The minimum absolute atomic E-state index is 0.198. The highest BCUT2D eigenvalue weighted by Crippen LogP contribution is 2.28. The molecule has 0 amide bonds. The van der Waals surface area contributed by atoms with Gasteiger partial charge in [0.25, 0.3) is 5.56 Å². The number of ether oxygens (including phenoxy) is 1. The molecule has 0 unspecified atom stereocenters. The largest absolute Gasteiger partial charge is 0.497 e. The zero-order valence-corrected chi connectivity index (χ0v) is 20.3. The summed E-state index contributed by atoms with van der Waals surface area (Å²) in [4.78, 5) is 23.0. The first-order chi connectivity index (χ1) is 16.0. The van der Waals surface area contributed by atoms with Crippen LogP contribution in [0.4, 0.5) is 5.69 Å². The van der Waals surface area contributed by atoms with Gasteiger partial charge in [0.05, 0.1) is 40.0 Å². The van der Waals surface area contributed by atoms with Crippen LogP contribution in [0.1, 0.15) is 12.5 Å². The number of fused-ring (bicyclic) bond motifs is 1. The van der Waals surface area contributed by atoms with E-state index < -0.39 is 0 Å². The van der Waals surface area contributed by atoms with E-state index in [1.165, 1.54) is 16.0 Å². The van der Waals surface area contributed by atoms with Crippen molar-refractivity contribution < 1.29 is 4.74 Å². The zero-order valence-electron chi connectivity index (χ0n) is 17.9. The van der Waals surface area contributed by atoms with Gasteiger partial charge in [0.1, 0.15) is 5.75 Å². The minimum Gasteiger partial charge on any atom is -0.497 e. The Labute approximate surface area is 202 Å². The maximum atomic E-state index is 13.6.